The van der Waals surface area contributed by atoms with Crippen molar-refractivity contribution >= 4 is 11.9 Å². The molecule has 19 heavy (non-hydrogen) atoms. The summed E-state index contributed by atoms with van der Waals surface area (Å²) in [5, 5.41) is 2.71. The first-order valence-corrected chi connectivity index (χ1v) is 6.33. The minimum absolute atomic E-state index is 0.212. The zero-order chi connectivity index (χ0) is 13.7. The van der Waals surface area contributed by atoms with Gasteiger partial charge in [-0.15, -0.1) is 0 Å². The Bertz CT molecular complexity index is 547. The number of hydrogen-bond donors (Lipinski definition) is 1. The molecule has 0 fully saturated rings. The molecule has 0 aliphatic heterocycles. The fourth-order valence-electron chi connectivity index (χ4n) is 1.60. The predicted molar refractivity (Wildman–Crippen MR) is 73.0 cm³/mol. The number of benzene rings is 1. The van der Waals surface area contributed by atoms with Gasteiger partial charge in [0.1, 0.15) is 11.6 Å². The number of anilines is 1. The van der Waals surface area contributed by atoms with Gasteiger partial charge in [0.2, 0.25) is 5.95 Å². The van der Waals surface area contributed by atoms with E-state index in [1.807, 2.05) is 32.0 Å². The Hall–Kier alpha value is -2.30. The van der Waals surface area contributed by atoms with Crippen molar-refractivity contribution in [1.82, 2.24) is 15.0 Å². The molecule has 0 saturated heterocycles. The Balaban J connectivity index is 2.21. The smallest absolute Gasteiger partial charge is 0.258 e. The minimum atomic E-state index is -0.212. The first-order valence-electron chi connectivity index (χ1n) is 6.33. The minimum Gasteiger partial charge on any atom is -0.290 e. The average molecular weight is 256 g/mol. The first kappa shape index (κ1) is 13.1. The second-order valence-corrected chi connectivity index (χ2v) is 4.02. The van der Waals surface area contributed by atoms with Crippen LogP contribution in [0.25, 0.3) is 0 Å². The topological polar surface area (TPSA) is 67.8 Å². The van der Waals surface area contributed by atoms with E-state index in [0.717, 1.165) is 0 Å². The summed E-state index contributed by atoms with van der Waals surface area (Å²) in [6.45, 7) is 3.94. The van der Waals surface area contributed by atoms with E-state index in [0.29, 0.717) is 36.0 Å². The second kappa shape index (κ2) is 6.04. The Morgan fingerprint density at radius 3 is 2.11 bits per heavy atom. The maximum Gasteiger partial charge on any atom is 0.258 e. The summed E-state index contributed by atoms with van der Waals surface area (Å²) in [5.74, 6) is 1.49. The number of nitrogens with zero attached hydrogens (tertiary/aromatic N) is 3. The Morgan fingerprint density at radius 2 is 1.58 bits per heavy atom. The number of hydrogen-bond acceptors (Lipinski definition) is 4. The van der Waals surface area contributed by atoms with Gasteiger partial charge in [0.05, 0.1) is 0 Å². The highest BCUT2D eigenvalue weighted by Crippen LogP contribution is 2.06. The van der Waals surface area contributed by atoms with Crippen molar-refractivity contribution in [1.29, 1.82) is 0 Å². The molecule has 2 rings (SSSR count). The Morgan fingerprint density at radius 1 is 1.00 bits per heavy atom. The Kier molecular flexibility index (Phi) is 4.18. The summed E-state index contributed by atoms with van der Waals surface area (Å²) in [6, 6.07) is 8.99. The molecule has 0 aliphatic rings. The Labute approximate surface area is 112 Å². The average Bonchev–Trinajstić information content (AvgIpc) is 2.47. The van der Waals surface area contributed by atoms with Gasteiger partial charge in [0, 0.05) is 18.4 Å². The van der Waals surface area contributed by atoms with Crippen LogP contribution in [0.1, 0.15) is 35.9 Å². The van der Waals surface area contributed by atoms with Crippen molar-refractivity contribution in [3.8, 4) is 0 Å². The molecule has 0 saturated carbocycles. The highest BCUT2D eigenvalue weighted by molar-refractivity contribution is 6.03. The van der Waals surface area contributed by atoms with Gasteiger partial charge in [-0.05, 0) is 12.1 Å². The van der Waals surface area contributed by atoms with Gasteiger partial charge >= 0.3 is 0 Å². The number of carbonyl (C=O) groups is 1. The highest BCUT2D eigenvalue weighted by atomic mass is 16.1. The van der Waals surface area contributed by atoms with Crippen LogP contribution in [0.4, 0.5) is 5.95 Å². The first-order chi connectivity index (χ1) is 9.22. The number of aromatic nitrogens is 3. The maximum absolute atomic E-state index is 12.0. The van der Waals surface area contributed by atoms with Gasteiger partial charge in [-0.3, -0.25) is 10.1 Å². The molecule has 1 N–H and O–H groups in total. The van der Waals surface area contributed by atoms with Gasteiger partial charge in [-0.2, -0.15) is 9.97 Å². The molecule has 1 heterocycles. The lowest BCUT2D eigenvalue weighted by molar-refractivity contribution is 0.102. The van der Waals surface area contributed by atoms with Gasteiger partial charge in [-0.1, -0.05) is 32.0 Å². The number of amides is 1. The van der Waals surface area contributed by atoms with Gasteiger partial charge in [0.15, 0.2) is 0 Å². The third-order valence-corrected chi connectivity index (χ3v) is 2.62. The zero-order valence-electron chi connectivity index (χ0n) is 11.1. The van der Waals surface area contributed by atoms with Crippen LogP contribution in [-0.4, -0.2) is 20.9 Å². The number of rotatable bonds is 4. The molecular weight excluding hydrogens is 240 g/mol. The summed E-state index contributed by atoms with van der Waals surface area (Å²) in [6.07, 6.45) is 1.42. The van der Waals surface area contributed by atoms with Crippen molar-refractivity contribution in [3.05, 3.63) is 47.5 Å². The molecule has 1 aromatic carbocycles. The molecular formula is C14H16N4O. The number of nitrogens with one attached hydrogen (secondary N) is 1. The van der Waals surface area contributed by atoms with E-state index in [4.69, 9.17) is 0 Å². The van der Waals surface area contributed by atoms with Gasteiger partial charge in [-0.25, -0.2) is 4.98 Å². The van der Waals surface area contributed by atoms with Gasteiger partial charge in [0.25, 0.3) is 5.91 Å². The summed E-state index contributed by atoms with van der Waals surface area (Å²) in [5.41, 5.74) is 0.582. The fraction of sp³-hybridized carbons (Fsp3) is 0.286. The second-order valence-electron chi connectivity index (χ2n) is 4.02. The molecule has 1 aromatic heterocycles. The standard InChI is InChI=1S/C14H16N4O/c1-3-11-15-12(4-2)17-14(16-11)18-13(19)10-8-6-5-7-9-10/h5-9H,3-4H2,1-2H3,(H,15,16,17,18,19). The van der Waals surface area contributed by atoms with Crippen LogP contribution in [0.15, 0.2) is 30.3 Å². The molecule has 0 radical (unpaired) electrons. The fourth-order valence-corrected chi connectivity index (χ4v) is 1.60. The van der Waals surface area contributed by atoms with Crippen LogP contribution in [0, 0.1) is 0 Å². The quantitative estimate of drug-likeness (QED) is 0.911. The van der Waals surface area contributed by atoms with Crippen molar-refractivity contribution in [2.24, 2.45) is 0 Å². The van der Waals surface area contributed by atoms with Crippen molar-refractivity contribution in [3.63, 3.8) is 0 Å². The van der Waals surface area contributed by atoms with Gasteiger partial charge < -0.3 is 0 Å². The van der Waals surface area contributed by atoms with Crippen LogP contribution in [0.5, 0.6) is 0 Å². The van der Waals surface area contributed by atoms with Crippen LogP contribution in [-0.2, 0) is 12.8 Å². The molecule has 0 atom stereocenters. The molecule has 2 aromatic rings. The number of aryl methyl sites for hydroxylation is 2. The lowest BCUT2D eigenvalue weighted by atomic mass is 10.2. The van der Waals surface area contributed by atoms with E-state index < -0.39 is 0 Å². The molecule has 0 unspecified atom stereocenters. The highest BCUT2D eigenvalue weighted by Gasteiger charge is 2.09. The maximum atomic E-state index is 12.0. The number of carbonyl (C=O) groups excluding carboxylic acids is 1. The largest absolute Gasteiger partial charge is 0.290 e. The molecule has 0 bridgehead atoms. The van der Waals surface area contributed by atoms with E-state index in [2.05, 4.69) is 20.3 Å². The van der Waals surface area contributed by atoms with Crippen LogP contribution in [0.2, 0.25) is 0 Å². The van der Waals surface area contributed by atoms with Crippen LogP contribution in [0.3, 0.4) is 0 Å². The van der Waals surface area contributed by atoms with Crippen molar-refractivity contribution < 1.29 is 4.79 Å². The van der Waals surface area contributed by atoms with Crippen molar-refractivity contribution in [2.45, 2.75) is 26.7 Å². The lowest BCUT2D eigenvalue weighted by Gasteiger charge is -2.06. The van der Waals surface area contributed by atoms with E-state index in [1.54, 1.807) is 12.1 Å². The normalized spacial score (nSPS) is 10.2. The van der Waals surface area contributed by atoms with Crippen LogP contribution >= 0.6 is 0 Å². The monoisotopic (exact) mass is 256 g/mol. The molecule has 1 amide bonds. The zero-order valence-corrected chi connectivity index (χ0v) is 11.1. The predicted octanol–water partition coefficient (Wildman–Crippen LogP) is 2.25. The summed E-state index contributed by atoms with van der Waals surface area (Å²) < 4.78 is 0. The van der Waals surface area contributed by atoms with Crippen molar-refractivity contribution in [2.75, 3.05) is 5.32 Å². The van der Waals surface area contributed by atoms with Crippen LogP contribution < -0.4 is 5.32 Å². The summed E-state index contributed by atoms with van der Waals surface area (Å²) >= 11 is 0. The molecule has 5 heteroatoms. The van der Waals surface area contributed by atoms with E-state index in [-0.39, 0.29) is 5.91 Å². The van der Waals surface area contributed by atoms with E-state index in [1.165, 1.54) is 0 Å². The molecule has 98 valence electrons. The summed E-state index contributed by atoms with van der Waals surface area (Å²) in [4.78, 5) is 24.7. The third kappa shape index (κ3) is 3.34. The summed E-state index contributed by atoms with van der Waals surface area (Å²) in [7, 11) is 0. The van der Waals surface area contributed by atoms with E-state index >= 15 is 0 Å². The third-order valence-electron chi connectivity index (χ3n) is 2.62. The molecule has 0 spiro atoms. The molecule has 5 nitrogen and oxygen atoms in total. The lowest BCUT2D eigenvalue weighted by Crippen LogP contribution is -2.16. The van der Waals surface area contributed by atoms with E-state index in [9.17, 15) is 4.79 Å². The molecule has 0 aliphatic carbocycles. The SMILES string of the molecule is CCc1nc(CC)nc(NC(=O)c2ccccc2)n1.